The SMILES string of the molecule is NS(=O)(=O)c1nnc(NC(=O)CCN(CCC(=O)O)CCN(CCC(=O)O)CCN2CC(=O)OC(=O)C2)s1. The van der Waals surface area contributed by atoms with Crippen LogP contribution >= 0.6 is 11.3 Å². The lowest BCUT2D eigenvalue weighted by atomic mass is 10.3. The van der Waals surface area contributed by atoms with E-state index >= 15 is 0 Å². The van der Waals surface area contributed by atoms with Crippen molar-refractivity contribution in [2.45, 2.75) is 23.6 Å². The summed E-state index contributed by atoms with van der Waals surface area (Å²) in [6.45, 7) is 1.60. The number of carboxylic acids is 2. The first-order chi connectivity index (χ1) is 17.8. The van der Waals surface area contributed by atoms with E-state index in [1.165, 1.54) is 0 Å². The minimum absolute atomic E-state index is 0.0592. The topological polar surface area (TPSA) is 243 Å². The highest BCUT2D eigenvalue weighted by molar-refractivity contribution is 7.91. The molecule has 17 nitrogen and oxygen atoms in total. The van der Waals surface area contributed by atoms with Crippen molar-refractivity contribution in [3.63, 3.8) is 0 Å². The molecule has 2 rings (SSSR count). The number of primary sulfonamides is 1. The summed E-state index contributed by atoms with van der Waals surface area (Å²) in [7, 11) is -4.06. The van der Waals surface area contributed by atoms with Crippen molar-refractivity contribution in [2.24, 2.45) is 5.14 Å². The molecular weight excluding hydrogens is 550 g/mol. The van der Waals surface area contributed by atoms with Crippen molar-refractivity contribution in [1.82, 2.24) is 24.9 Å². The Hall–Kier alpha value is -3.10. The number of nitrogens with zero attached hydrogens (tertiary/aromatic N) is 5. The summed E-state index contributed by atoms with van der Waals surface area (Å²) in [5.74, 6) is -3.87. The Labute approximate surface area is 221 Å². The van der Waals surface area contributed by atoms with Gasteiger partial charge in [0.2, 0.25) is 15.4 Å². The maximum atomic E-state index is 12.3. The van der Waals surface area contributed by atoms with Crippen LogP contribution in [0.25, 0.3) is 0 Å². The highest BCUT2D eigenvalue weighted by atomic mass is 32.2. The van der Waals surface area contributed by atoms with Crippen LogP contribution in [0.1, 0.15) is 19.3 Å². The van der Waals surface area contributed by atoms with E-state index in [1.807, 2.05) is 4.90 Å². The number of aromatic nitrogens is 2. The number of carboxylic acid groups (broad SMARTS) is 2. The number of morpholine rings is 1. The molecule has 1 fully saturated rings. The zero-order valence-corrected chi connectivity index (χ0v) is 21.9. The minimum Gasteiger partial charge on any atom is -0.481 e. The summed E-state index contributed by atoms with van der Waals surface area (Å²) in [5.41, 5.74) is 0. The zero-order chi connectivity index (χ0) is 28.3. The molecule has 2 heterocycles. The Balaban J connectivity index is 1.92. The van der Waals surface area contributed by atoms with Gasteiger partial charge in [-0.05, 0) is 0 Å². The number of nitrogens with two attached hydrogens (primary N) is 1. The lowest BCUT2D eigenvalue weighted by Gasteiger charge is -2.30. The molecule has 0 aliphatic carbocycles. The van der Waals surface area contributed by atoms with Crippen LogP contribution < -0.4 is 10.5 Å². The minimum atomic E-state index is -4.06. The van der Waals surface area contributed by atoms with Gasteiger partial charge in [-0.1, -0.05) is 11.3 Å². The molecule has 212 valence electrons. The number of carbonyl (C=O) groups is 5. The summed E-state index contributed by atoms with van der Waals surface area (Å²) < 4.78 is 26.6. The molecule has 1 aliphatic heterocycles. The van der Waals surface area contributed by atoms with Gasteiger partial charge in [0.15, 0.2) is 0 Å². The van der Waals surface area contributed by atoms with Crippen LogP contribution in [0.3, 0.4) is 0 Å². The summed E-state index contributed by atoms with van der Waals surface area (Å²) in [6, 6.07) is 0. The fourth-order valence-electron chi connectivity index (χ4n) is 3.33. The molecule has 1 aliphatic rings. The second kappa shape index (κ2) is 14.7. The van der Waals surface area contributed by atoms with Crippen LogP contribution in [0.4, 0.5) is 5.13 Å². The monoisotopic (exact) mass is 579 g/mol. The third kappa shape index (κ3) is 12.0. The number of amides is 1. The van der Waals surface area contributed by atoms with Crippen LogP contribution in [-0.2, 0) is 38.7 Å². The number of cyclic esters (lactones) is 2. The number of rotatable bonds is 17. The number of aliphatic carboxylic acids is 2. The van der Waals surface area contributed by atoms with E-state index in [1.54, 1.807) is 9.80 Å². The normalized spacial score (nSPS) is 14.6. The number of hydrogen-bond donors (Lipinski definition) is 4. The lowest BCUT2D eigenvalue weighted by molar-refractivity contribution is -0.166. The first-order valence-electron chi connectivity index (χ1n) is 11.3. The van der Waals surface area contributed by atoms with Gasteiger partial charge in [-0.2, -0.15) is 0 Å². The molecule has 5 N–H and O–H groups in total. The van der Waals surface area contributed by atoms with Gasteiger partial charge in [-0.25, -0.2) is 13.6 Å². The fraction of sp³-hybridized carbons (Fsp3) is 0.632. The summed E-state index contributed by atoms with van der Waals surface area (Å²) in [6.07, 6.45) is -0.416. The molecule has 1 amide bonds. The van der Waals surface area contributed by atoms with Gasteiger partial charge in [-0.3, -0.25) is 28.9 Å². The molecule has 1 saturated heterocycles. The van der Waals surface area contributed by atoms with E-state index in [-0.39, 0.29) is 57.1 Å². The number of ether oxygens (including phenoxy) is 1. The number of nitrogens with one attached hydrogen (secondary N) is 1. The summed E-state index contributed by atoms with van der Waals surface area (Å²) >= 11 is 0.589. The molecule has 0 spiro atoms. The van der Waals surface area contributed by atoms with Gasteiger partial charge in [0.1, 0.15) is 0 Å². The van der Waals surface area contributed by atoms with E-state index in [0.717, 1.165) is 0 Å². The number of sulfonamides is 1. The molecular formula is C19H29N7O10S2. The Kier molecular flexibility index (Phi) is 12.1. The van der Waals surface area contributed by atoms with Gasteiger partial charge < -0.3 is 30.1 Å². The Morgan fingerprint density at radius 3 is 1.95 bits per heavy atom. The van der Waals surface area contributed by atoms with Gasteiger partial charge in [0, 0.05) is 52.2 Å². The standard InChI is InChI=1S/C19H29N7O10S2/c20-38(34,35)19-23-22-18(37-19)21-13(27)1-4-24(5-2-14(28)29)7-8-25(6-3-15(30)31)9-10-26-11-16(32)36-17(33)12-26/h1-12H2,(H,28,29)(H,30,31)(H2,20,34,35)(H,21,22,27). The van der Waals surface area contributed by atoms with Gasteiger partial charge in [0.05, 0.1) is 25.9 Å². The predicted octanol–water partition coefficient (Wildman–Crippen LogP) is -2.55. The van der Waals surface area contributed by atoms with Crippen LogP contribution in [0.15, 0.2) is 4.34 Å². The highest BCUT2D eigenvalue weighted by Crippen LogP contribution is 2.18. The lowest BCUT2D eigenvalue weighted by Crippen LogP contribution is -2.47. The number of anilines is 1. The maximum absolute atomic E-state index is 12.3. The van der Waals surface area contributed by atoms with E-state index in [2.05, 4.69) is 20.3 Å². The molecule has 19 heteroatoms. The van der Waals surface area contributed by atoms with Crippen molar-refractivity contribution in [3.05, 3.63) is 0 Å². The van der Waals surface area contributed by atoms with Crippen LogP contribution in [-0.4, -0.2) is 132 Å². The fourth-order valence-corrected chi connectivity index (χ4v) is 4.68. The molecule has 0 saturated carbocycles. The Morgan fingerprint density at radius 2 is 1.45 bits per heavy atom. The quantitative estimate of drug-likeness (QED) is 0.0843. The zero-order valence-electron chi connectivity index (χ0n) is 20.3. The van der Waals surface area contributed by atoms with Crippen molar-refractivity contribution in [3.8, 4) is 0 Å². The average Bonchev–Trinajstić information content (AvgIpc) is 3.27. The first kappa shape index (κ1) is 31.1. The van der Waals surface area contributed by atoms with E-state index in [0.29, 0.717) is 37.5 Å². The number of esters is 2. The summed E-state index contributed by atoms with van der Waals surface area (Å²) in [5, 5.41) is 32.4. The second-order valence-corrected chi connectivity index (χ2v) is 11.0. The number of hydrogen-bond acceptors (Lipinski definition) is 14. The molecule has 1 aromatic heterocycles. The van der Waals surface area contributed by atoms with Gasteiger partial charge >= 0.3 is 23.9 Å². The first-order valence-corrected chi connectivity index (χ1v) is 13.7. The van der Waals surface area contributed by atoms with E-state index in [4.69, 9.17) is 15.4 Å². The van der Waals surface area contributed by atoms with Crippen molar-refractivity contribution in [1.29, 1.82) is 0 Å². The third-order valence-corrected chi connectivity index (χ3v) is 7.38. The van der Waals surface area contributed by atoms with Crippen molar-refractivity contribution < 1.29 is 47.3 Å². The molecule has 1 aromatic rings. The largest absolute Gasteiger partial charge is 0.481 e. The molecule has 0 radical (unpaired) electrons. The summed E-state index contributed by atoms with van der Waals surface area (Å²) in [4.78, 5) is 62.5. The molecule has 0 aromatic carbocycles. The number of carbonyl (C=O) groups excluding carboxylic acids is 3. The molecule has 0 unspecified atom stereocenters. The van der Waals surface area contributed by atoms with Crippen LogP contribution in [0.5, 0.6) is 0 Å². The average molecular weight is 580 g/mol. The van der Waals surface area contributed by atoms with Crippen molar-refractivity contribution in [2.75, 3.05) is 64.2 Å². The molecule has 0 atom stereocenters. The van der Waals surface area contributed by atoms with Crippen molar-refractivity contribution >= 4 is 56.3 Å². The predicted molar refractivity (Wildman–Crippen MR) is 129 cm³/mol. The van der Waals surface area contributed by atoms with Crippen LogP contribution in [0.2, 0.25) is 0 Å². The van der Waals surface area contributed by atoms with E-state index < -0.39 is 44.1 Å². The van der Waals surface area contributed by atoms with E-state index in [9.17, 15) is 32.4 Å². The Morgan fingerprint density at radius 1 is 0.921 bits per heavy atom. The highest BCUT2D eigenvalue weighted by Gasteiger charge is 2.25. The Bertz CT molecular complexity index is 1110. The van der Waals surface area contributed by atoms with Gasteiger partial charge in [0.25, 0.3) is 10.0 Å². The maximum Gasteiger partial charge on any atom is 0.327 e. The smallest absolute Gasteiger partial charge is 0.327 e. The second-order valence-electron chi connectivity index (χ2n) is 8.24. The molecule has 0 bridgehead atoms. The van der Waals surface area contributed by atoms with Crippen LogP contribution in [0, 0.1) is 0 Å². The van der Waals surface area contributed by atoms with Gasteiger partial charge in [-0.15, -0.1) is 10.2 Å². The third-order valence-electron chi connectivity index (χ3n) is 5.23. The molecule has 38 heavy (non-hydrogen) atoms.